The summed E-state index contributed by atoms with van der Waals surface area (Å²) in [6, 6.07) is 12.2. The van der Waals surface area contributed by atoms with Crippen LogP contribution in [0.2, 0.25) is 10.0 Å². The Morgan fingerprint density at radius 2 is 1.73 bits per heavy atom. The lowest BCUT2D eigenvalue weighted by Gasteiger charge is -2.09. The number of benzene rings is 2. The smallest absolute Gasteiger partial charge is 0.258 e. The number of nitrogens with one attached hydrogen (secondary N) is 2. The molecule has 0 atom stereocenters. The average molecular weight is 389 g/mol. The molecule has 0 spiro atoms. The Labute approximate surface area is 160 Å². The van der Waals surface area contributed by atoms with Gasteiger partial charge in [-0.05, 0) is 36.4 Å². The molecular weight excluding hydrogens is 375 g/mol. The Hall–Kier alpha value is -2.83. The highest BCUT2D eigenvalue weighted by molar-refractivity contribution is 6.43. The van der Waals surface area contributed by atoms with Crippen LogP contribution in [-0.2, 0) is 0 Å². The van der Waals surface area contributed by atoms with Crippen LogP contribution in [0.25, 0.3) is 0 Å². The fraction of sp³-hybridized carbons (Fsp3) is 0.0556. The third kappa shape index (κ3) is 4.22. The maximum absolute atomic E-state index is 12.3. The zero-order chi connectivity index (χ0) is 18.5. The zero-order valence-electron chi connectivity index (χ0n) is 13.7. The molecule has 0 unspecified atom stereocenters. The normalized spacial score (nSPS) is 10.3. The van der Waals surface area contributed by atoms with E-state index >= 15 is 0 Å². The van der Waals surface area contributed by atoms with Gasteiger partial charge in [0, 0.05) is 18.1 Å². The molecule has 1 heterocycles. The minimum absolute atomic E-state index is 0.301. The summed E-state index contributed by atoms with van der Waals surface area (Å²) in [6.07, 6.45) is 2.85. The highest BCUT2D eigenvalue weighted by Crippen LogP contribution is 2.30. The number of rotatable bonds is 5. The minimum Gasteiger partial charge on any atom is -0.497 e. The van der Waals surface area contributed by atoms with Crippen LogP contribution in [-0.4, -0.2) is 23.0 Å². The summed E-state index contributed by atoms with van der Waals surface area (Å²) >= 11 is 12.1. The molecule has 0 fully saturated rings. The molecule has 0 aliphatic carbocycles. The van der Waals surface area contributed by atoms with Crippen LogP contribution in [0.1, 0.15) is 10.4 Å². The molecule has 3 rings (SSSR count). The predicted octanol–water partition coefficient (Wildman–Crippen LogP) is 4.79. The van der Waals surface area contributed by atoms with Gasteiger partial charge in [0.25, 0.3) is 5.91 Å². The van der Waals surface area contributed by atoms with Gasteiger partial charge in [0.05, 0.1) is 28.4 Å². The van der Waals surface area contributed by atoms with E-state index in [-0.39, 0.29) is 5.91 Å². The van der Waals surface area contributed by atoms with Crippen molar-refractivity contribution in [2.45, 2.75) is 0 Å². The van der Waals surface area contributed by atoms with Crippen LogP contribution in [0.5, 0.6) is 5.75 Å². The van der Waals surface area contributed by atoms with Crippen molar-refractivity contribution < 1.29 is 9.53 Å². The molecular formula is C18H14Cl2N4O2. The summed E-state index contributed by atoms with van der Waals surface area (Å²) < 4.78 is 5.08. The van der Waals surface area contributed by atoms with Crippen molar-refractivity contribution in [2.75, 3.05) is 17.7 Å². The molecule has 6 nitrogen and oxygen atoms in total. The van der Waals surface area contributed by atoms with Gasteiger partial charge in [-0.25, -0.2) is 9.97 Å². The molecule has 1 amide bonds. The molecule has 26 heavy (non-hydrogen) atoms. The Kier molecular flexibility index (Phi) is 5.55. The highest BCUT2D eigenvalue weighted by Gasteiger charge is 2.10. The molecule has 0 bridgehead atoms. The predicted molar refractivity (Wildman–Crippen MR) is 103 cm³/mol. The molecule has 0 saturated carbocycles. The molecule has 0 radical (unpaired) electrons. The van der Waals surface area contributed by atoms with E-state index in [1.165, 1.54) is 12.4 Å². The van der Waals surface area contributed by atoms with Crippen molar-refractivity contribution in [3.05, 3.63) is 70.5 Å². The van der Waals surface area contributed by atoms with Crippen molar-refractivity contribution in [3.8, 4) is 5.75 Å². The number of amides is 1. The van der Waals surface area contributed by atoms with Crippen LogP contribution >= 0.6 is 23.2 Å². The van der Waals surface area contributed by atoms with Gasteiger partial charge in [-0.2, -0.15) is 0 Å². The number of anilines is 3. The number of halogens is 2. The number of ether oxygens (including phenoxy) is 1. The third-order valence-electron chi connectivity index (χ3n) is 3.46. The molecule has 0 aliphatic rings. The van der Waals surface area contributed by atoms with Gasteiger partial charge in [-0.15, -0.1) is 0 Å². The van der Waals surface area contributed by atoms with Crippen LogP contribution < -0.4 is 15.4 Å². The van der Waals surface area contributed by atoms with Gasteiger partial charge in [0.15, 0.2) is 0 Å². The minimum atomic E-state index is -0.317. The average Bonchev–Trinajstić information content (AvgIpc) is 2.66. The summed E-state index contributed by atoms with van der Waals surface area (Å²) in [6.45, 7) is 0. The number of methoxy groups -OCH3 is 1. The first-order chi connectivity index (χ1) is 12.6. The number of nitrogens with zero attached hydrogens (tertiary/aromatic N) is 2. The fourth-order valence-corrected chi connectivity index (χ4v) is 2.46. The van der Waals surface area contributed by atoms with E-state index in [9.17, 15) is 4.79 Å². The van der Waals surface area contributed by atoms with Gasteiger partial charge in [-0.3, -0.25) is 4.79 Å². The molecule has 0 aliphatic heterocycles. The first-order valence-corrected chi connectivity index (χ1v) is 8.31. The Morgan fingerprint density at radius 1 is 1.04 bits per heavy atom. The van der Waals surface area contributed by atoms with Gasteiger partial charge < -0.3 is 15.4 Å². The topological polar surface area (TPSA) is 76.1 Å². The molecule has 132 valence electrons. The van der Waals surface area contributed by atoms with Crippen molar-refractivity contribution in [1.82, 2.24) is 9.97 Å². The van der Waals surface area contributed by atoms with Crippen LogP contribution in [0, 0.1) is 0 Å². The quantitative estimate of drug-likeness (QED) is 0.656. The number of aromatic nitrogens is 2. The zero-order valence-corrected chi connectivity index (χ0v) is 15.2. The number of carbonyl (C=O) groups excluding carboxylic acids is 1. The van der Waals surface area contributed by atoms with Crippen LogP contribution in [0.15, 0.2) is 54.9 Å². The first-order valence-electron chi connectivity index (χ1n) is 7.55. The van der Waals surface area contributed by atoms with Crippen LogP contribution in [0.4, 0.5) is 17.3 Å². The summed E-state index contributed by atoms with van der Waals surface area (Å²) in [5.74, 6) is 0.694. The lowest BCUT2D eigenvalue weighted by Crippen LogP contribution is -2.13. The van der Waals surface area contributed by atoms with Crippen molar-refractivity contribution >= 4 is 46.4 Å². The van der Waals surface area contributed by atoms with Gasteiger partial charge in [0.1, 0.15) is 5.75 Å². The summed E-state index contributed by atoms with van der Waals surface area (Å²) in [7, 11) is 1.58. The Balaban J connectivity index is 1.68. The second kappa shape index (κ2) is 8.03. The maximum Gasteiger partial charge on any atom is 0.258 e. The summed E-state index contributed by atoms with van der Waals surface area (Å²) in [5.41, 5.74) is 1.54. The third-order valence-corrected chi connectivity index (χ3v) is 4.28. The molecule has 0 saturated heterocycles. The highest BCUT2D eigenvalue weighted by atomic mass is 35.5. The van der Waals surface area contributed by atoms with E-state index in [0.29, 0.717) is 38.7 Å². The standard InChI is InChI=1S/C18H14Cl2N4O2/c1-26-13-7-5-12(6-8-13)23-17(25)11-9-21-18(22-10-11)24-15-4-2-3-14(19)16(15)20/h2-10H,1H3,(H,23,25)(H,21,22,24). The Bertz CT molecular complexity index is 915. The van der Waals surface area contributed by atoms with E-state index in [1.807, 2.05) is 0 Å². The van der Waals surface area contributed by atoms with E-state index in [1.54, 1.807) is 49.6 Å². The fourth-order valence-electron chi connectivity index (χ4n) is 2.11. The van der Waals surface area contributed by atoms with E-state index in [2.05, 4.69) is 20.6 Å². The van der Waals surface area contributed by atoms with E-state index in [0.717, 1.165) is 0 Å². The molecule has 2 aromatic carbocycles. The largest absolute Gasteiger partial charge is 0.497 e. The summed E-state index contributed by atoms with van der Waals surface area (Å²) in [5, 5.41) is 6.52. The van der Waals surface area contributed by atoms with Crippen LogP contribution in [0.3, 0.4) is 0 Å². The van der Waals surface area contributed by atoms with E-state index in [4.69, 9.17) is 27.9 Å². The SMILES string of the molecule is COc1ccc(NC(=O)c2cnc(Nc3cccc(Cl)c3Cl)nc2)cc1. The second-order valence-electron chi connectivity index (χ2n) is 5.20. The molecule has 2 N–H and O–H groups in total. The van der Waals surface area contributed by atoms with Crippen molar-refractivity contribution in [3.63, 3.8) is 0 Å². The van der Waals surface area contributed by atoms with Crippen molar-refractivity contribution in [2.24, 2.45) is 0 Å². The lowest BCUT2D eigenvalue weighted by molar-refractivity contribution is 0.102. The Morgan fingerprint density at radius 3 is 2.38 bits per heavy atom. The molecule has 3 aromatic rings. The summed E-state index contributed by atoms with van der Waals surface area (Å²) in [4.78, 5) is 20.5. The second-order valence-corrected chi connectivity index (χ2v) is 5.99. The lowest BCUT2D eigenvalue weighted by atomic mass is 10.2. The number of hydrogen-bond donors (Lipinski definition) is 2. The first kappa shape index (κ1) is 18.0. The molecule has 8 heteroatoms. The van der Waals surface area contributed by atoms with Gasteiger partial charge in [0.2, 0.25) is 5.95 Å². The maximum atomic E-state index is 12.3. The van der Waals surface area contributed by atoms with Gasteiger partial charge in [-0.1, -0.05) is 29.3 Å². The number of hydrogen-bond acceptors (Lipinski definition) is 5. The monoisotopic (exact) mass is 388 g/mol. The number of carbonyl (C=O) groups is 1. The van der Waals surface area contributed by atoms with Gasteiger partial charge >= 0.3 is 0 Å². The van der Waals surface area contributed by atoms with E-state index < -0.39 is 0 Å². The molecule has 1 aromatic heterocycles. The van der Waals surface area contributed by atoms with Crippen molar-refractivity contribution in [1.29, 1.82) is 0 Å².